The molecule has 0 aliphatic rings. The molecule has 7 heteroatoms. The lowest BCUT2D eigenvalue weighted by molar-refractivity contribution is -0.697. The molecule has 0 saturated carbocycles. The summed E-state index contributed by atoms with van der Waals surface area (Å²) in [6.07, 6.45) is 24.4. The Hall–Kier alpha value is -3.87. The largest absolute Gasteiger partial charge is 0.545 e. The van der Waals surface area contributed by atoms with E-state index in [0.717, 1.165) is 0 Å². The summed E-state index contributed by atoms with van der Waals surface area (Å²) in [5.74, 6) is -2.94. The Morgan fingerprint density at radius 1 is 0.595 bits per heavy atom. The van der Waals surface area contributed by atoms with Crippen LogP contribution in [0.4, 0.5) is 0 Å². The minimum atomic E-state index is -1.36. The van der Waals surface area contributed by atoms with Gasteiger partial charge in [0.25, 0.3) is 0 Å². The summed E-state index contributed by atoms with van der Waals surface area (Å²) in [6, 6.07) is 17.8. The summed E-state index contributed by atoms with van der Waals surface area (Å²) < 4.78 is 2.29. The van der Waals surface area contributed by atoms with Crippen molar-refractivity contribution in [3.63, 3.8) is 0 Å². The van der Waals surface area contributed by atoms with Gasteiger partial charge in [0, 0.05) is 24.1 Å². The van der Waals surface area contributed by atoms with Crippen LogP contribution in [0.1, 0.15) is 118 Å². The Labute approximate surface area is 251 Å². The van der Waals surface area contributed by atoms with E-state index in [1.54, 1.807) is 18.2 Å². The molecule has 7 nitrogen and oxygen atoms in total. The van der Waals surface area contributed by atoms with Crippen LogP contribution in [0.25, 0.3) is 0 Å². The Bertz CT molecular complexity index is 1060. The zero-order chi connectivity index (χ0) is 30.8. The standard InChI is InChI=1S/C21H38N.2C7H6O3/c1-2-3-4-5-6-7-8-9-10-11-12-13-14-16-19-22-20-17-15-18-21-22;2*8-6-4-2-1-3-5(6)7(9)10/h15,17-18,20-21H,2-14,16,19H2,1H3;2*1-4,8H,(H,9,10)/q+1;;/p-1. The average Bonchev–Trinajstić information content (AvgIpc) is 2.99. The number of aromatic nitrogens is 1. The van der Waals surface area contributed by atoms with Gasteiger partial charge in [-0.15, -0.1) is 0 Å². The fourth-order valence-electron chi connectivity index (χ4n) is 4.37. The highest BCUT2D eigenvalue weighted by molar-refractivity contribution is 5.90. The second kappa shape index (κ2) is 23.8. The molecule has 0 bridgehead atoms. The van der Waals surface area contributed by atoms with Crippen LogP contribution < -0.4 is 9.67 Å². The zero-order valence-electron chi connectivity index (χ0n) is 25.1. The minimum Gasteiger partial charge on any atom is -0.545 e. The van der Waals surface area contributed by atoms with Crippen molar-refractivity contribution in [2.45, 2.75) is 103 Å². The molecular formula is C35H49NO6. The number of carbonyl (C=O) groups excluding carboxylic acids is 1. The van der Waals surface area contributed by atoms with Gasteiger partial charge in [-0.25, -0.2) is 9.36 Å². The number of rotatable bonds is 17. The number of carboxylic acid groups (broad SMARTS) is 2. The van der Waals surface area contributed by atoms with E-state index in [2.05, 4.69) is 42.1 Å². The van der Waals surface area contributed by atoms with Crippen LogP contribution in [-0.2, 0) is 6.54 Å². The molecule has 3 rings (SSSR count). The van der Waals surface area contributed by atoms with Crippen molar-refractivity contribution in [2.75, 3.05) is 0 Å². The van der Waals surface area contributed by atoms with Crippen LogP contribution in [0, 0.1) is 0 Å². The highest BCUT2D eigenvalue weighted by atomic mass is 16.4. The second-order valence-electron chi connectivity index (χ2n) is 10.3. The number of para-hydroxylation sites is 2. The van der Waals surface area contributed by atoms with E-state index in [0.29, 0.717) is 0 Å². The molecular weight excluding hydrogens is 530 g/mol. The molecule has 1 heterocycles. The summed E-state index contributed by atoms with van der Waals surface area (Å²) >= 11 is 0. The third kappa shape index (κ3) is 17.7. The van der Waals surface area contributed by atoms with E-state index in [-0.39, 0.29) is 22.6 Å². The Balaban J connectivity index is 0.000000362. The first-order valence-electron chi connectivity index (χ1n) is 15.3. The van der Waals surface area contributed by atoms with E-state index >= 15 is 0 Å². The van der Waals surface area contributed by atoms with E-state index < -0.39 is 11.9 Å². The first kappa shape index (κ1) is 36.2. The number of nitrogens with zero attached hydrogens (tertiary/aromatic N) is 1. The molecule has 0 aliphatic carbocycles. The quantitative estimate of drug-likeness (QED) is 0.114. The number of pyridine rings is 1. The van der Waals surface area contributed by atoms with Crippen LogP contribution in [0.2, 0.25) is 0 Å². The molecule has 0 unspecified atom stereocenters. The maximum absolute atomic E-state index is 10.3. The van der Waals surface area contributed by atoms with Crippen LogP contribution >= 0.6 is 0 Å². The molecule has 3 aromatic rings. The van der Waals surface area contributed by atoms with Gasteiger partial charge in [-0.3, -0.25) is 0 Å². The highest BCUT2D eigenvalue weighted by Gasteiger charge is 2.05. The van der Waals surface area contributed by atoms with Gasteiger partial charge in [-0.2, -0.15) is 0 Å². The molecule has 2 aromatic carbocycles. The average molecular weight is 580 g/mol. The van der Waals surface area contributed by atoms with Gasteiger partial charge in [0.1, 0.15) is 23.6 Å². The minimum absolute atomic E-state index is 0.0671. The maximum atomic E-state index is 10.3. The van der Waals surface area contributed by atoms with Crippen molar-refractivity contribution in [3.8, 4) is 11.5 Å². The second-order valence-corrected chi connectivity index (χ2v) is 10.3. The number of hydrogen-bond acceptors (Lipinski definition) is 5. The maximum Gasteiger partial charge on any atom is 0.339 e. The van der Waals surface area contributed by atoms with Crippen molar-refractivity contribution in [1.82, 2.24) is 0 Å². The summed E-state index contributed by atoms with van der Waals surface area (Å²) in [5, 5.41) is 36.3. The van der Waals surface area contributed by atoms with Crippen molar-refractivity contribution in [2.24, 2.45) is 0 Å². The molecule has 0 spiro atoms. The van der Waals surface area contributed by atoms with Crippen molar-refractivity contribution < 1.29 is 34.6 Å². The molecule has 0 saturated heterocycles. The van der Waals surface area contributed by atoms with Crippen molar-refractivity contribution in [1.29, 1.82) is 0 Å². The molecule has 42 heavy (non-hydrogen) atoms. The van der Waals surface area contributed by atoms with Crippen LogP contribution in [0.15, 0.2) is 79.1 Å². The Morgan fingerprint density at radius 2 is 1.00 bits per heavy atom. The summed E-state index contributed by atoms with van der Waals surface area (Å²) in [6.45, 7) is 3.47. The molecule has 1 aromatic heterocycles. The first-order chi connectivity index (χ1) is 20.4. The van der Waals surface area contributed by atoms with Gasteiger partial charge < -0.3 is 25.2 Å². The van der Waals surface area contributed by atoms with Gasteiger partial charge >= 0.3 is 5.97 Å². The molecule has 3 N–H and O–H groups in total. The lowest BCUT2D eigenvalue weighted by Gasteiger charge is -2.02. The smallest absolute Gasteiger partial charge is 0.339 e. The van der Waals surface area contributed by atoms with E-state index in [9.17, 15) is 14.7 Å². The SMILES string of the molecule is CCCCCCCCCCCCCCCC[n+]1ccccc1.O=C(O)c1ccccc1O.O=C([O-])c1ccccc1O. The zero-order valence-corrected chi connectivity index (χ0v) is 25.1. The van der Waals surface area contributed by atoms with Gasteiger partial charge in [-0.05, 0) is 30.7 Å². The molecule has 0 atom stereocenters. The van der Waals surface area contributed by atoms with Crippen LogP contribution in [0.3, 0.4) is 0 Å². The van der Waals surface area contributed by atoms with Gasteiger partial charge in [0.05, 0.1) is 5.97 Å². The van der Waals surface area contributed by atoms with Crippen LogP contribution in [0.5, 0.6) is 11.5 Å². The van der Waals surface area contributed by atoms with Gasteiger partial charge in [-0.1, -0.05) is 114 Å². The van der Waals surface area contributed by atoms with Crippen molar-refractivity contribution in [3.05, 3.63) is 90.3 Å². The first-order valence-corrected chi connectivity index (χ1v) is 15.3. The Morgan fingerprint density at radius 3 is 1.36 bits per heavy atom. The van der Waals surface area contributed by atoms with E-state index in [1.165, 1.54) is 127 Å². The number of aromatic carboxylic acids is 2. The molecule has 0 radical (unpaired) electrons. The summed E-state index contributed by atoms with van der Waals surface area (Å²) in [7, 11) is 0. The molecule has 0 fully saturated rings. The Kier molecular flexibility index (Phi) is 20.5. The number of hydrogen-bond donors (Lipinski definition) is 3. The summed E-state index contributed by atoms with van der Waals surface area (Å²) in [4.78, 5) is 20.4. The lowest BCUT2D eigenvalue weighted by atomic mass is 10.0. The lowest BCUT2D eigenvalue weighted by Crippen LogP contribution is -2.32. The number of aryl methyl sites for hydroxylation is 1. The third-order valence-corrected chi connectivity index (χ3v) is 6.81. The van der Waals surface area contributed by atoms with E-state index in [1.807, 2.05) is 0 Å². The number of carboxylic acids is 2. The normalized spacial score (nSPS) is 10.1. The topological polar surface area (TPSA) is 122 Å². The fourth-order valence-corrected chi connectivity index (χ4v) is 4.37. The fraction of sp³-hybridized carbons (Fsp3) is 0.457. The van der Waals surface area contributed by atoms with Crippen LogP contribution in [-0.4, -0.2) is 27.3 Å². The van der Waals surface area contributed by atoms with Gasteiger partial charge in [0.15, 0.2) is 12.4 Å². The predicted molar refractivity (Wildman–Crippen MR) is 164 cm³/mol. The molecule has 0 amide bonds. The highest BCUT2D eigenvalue weighted by Crippen LogP contribution is 2.15. The number of aromatic hydroxyl groups is 2. The van der Waals surface area contributed by atoms with E-state index in [4.69, 9.17) is 15.3 Å². The monoisotopic (exact) mass is 579 g/mol. The third-order valence-electron chi connectivity index (χ3n) is 6.81. The predicted octanol–water partition coefficient (Wildman–Crippen LogP) is 7.30. The molecule has 230 valence electrons. The van der Waals surface area contributed by atoms with Crippen molar-refractivity contribution >= 4 is 11.9 Å². The number of phenols is 2. The van der Waals surface area contributed by atoms with Gasteiger partial charge in [0.2, 0.25) is 0 Å². The number of benzene rings is 2. The number of carbonyl (C=O) groups is 2. The molecule has 0 aliphatic heterocycles. The number of unbranched alkanes of at least 4 members (excludes halogenated alkanes) is 13. The summed E-state index contributed by atoms with van der Waals surface area (Å²) in [5.41, 5.74) is -0.245.